The molecule has 2 N–H and O–H groups in total. The second-order valence-electron chi connectivity index (χ2n) is 6.88. The summed E-state index contributed by atoms with van der Waals surface area (Å²) in [6.45, 7) is 6.28. The Kier molecular flexibility index (Phi) is 7.75. The molecule has 0 aliphatic carbocycles. The number of methoxy groups -OCH3 is 1. The van der Waals surface area contributed by atoms with Crippen LogP contribution in [0.2, 0.25) is 0 Å². The number of nitrogens with one attached hydrogen (secondary N) is 2. The van der Waals surface area contributed by atoms with E-state index in [1.807, 2.05) is 23.1 Å². The first kappa shape index (κ1) is 20.1. The smallest absolute Gasteiger partial charge is 0.321 e. The third kappa shape index (κ3) is 5.64. The number of carbonyl (C=O) groups excluding carboxylic acids is 2. The van der Waals surface area contributed by atoms with Gasteiger partial charge in [-0.15, -0.1) is 0 Å². The van der Waals surface area contributed by atoms with Gasteiger partial charge in [0.2, 0.25) is 5.91 Å². The summed E-state index contributed by atoms with van der Waals surface area (Å²) in [6.07, 6.45) is 3.34. The molecule has 0 radical (unpaired) electrons. The second-order valence-corrected chi connectivity index (χ2v) is 6.88. The predicted octanol–water partition coefficient (Wildman–Crippen LogP) is 3.49. The van der Waals surface area contributed by atoms with E-state index in [0.29, 0.717) is 37.1 Å². The van der Waals surface area contributed by atoms with Gasteiger partial charge in [0.25, 0.3) is 0 Å². The maximum atomic E-state index is 12.6. The molecule has 6 nitrogen and oxygen atoms in total. The summed E-state index contributed by atoms with van der Waals surface area (Å²) in [6, 6.07) is 7.26. The number of hydrogen-bond donors (Lipinski definition) is 2. The molecule has 1 heterocycles. The van der Waals surface area contributed by atoms with Crippen molar-refractivity contribution < 1.29 is 14.3 Å². The van der Waals surface area contributed by atoms with Crippen molar-refractivity contribution in [1.29, 1.82) is 0 Å². The lowest BCUT2D eigenvalue weighted by Gasteiger charge is -2.38. The van der Waals surface area contributed by atoms with Gasteiger partial charge in [0.15, 0.2) is 0 Å². The topological polar surface area (TPSA) is 70.7 Å². The highest BCUT2D eigenvalue weighted by atomic mass is 16.5. The number of piperidine rings is 1. The molecular formula is C20H31N3O3. The van der Waals surface area contributed by atoms with E-state index in [4.69, 9.17) is 4.74 Å². The Hall–Kier alpha value is -2.24. The van der Waals surface area contributed by atoms with Crippen LogP contribution in [0.1, 0.15) is 39.5 Å². The van der Waals surface area contributed by atoms with Crippen molar-refractivity contribution in [2.75, 3.05) is 32.1 Å². The molecule has 2 atom stereocenters. The van der Waals surface area contributed by atoms with E-state index in [1.165, 1.54) is 0 Å². The van der Waals surface area contributed by atoms with E-state index in [9.17, 15) is 9.59 Å². The molecule has 1 aromatic rings. The minimum Gasteiger partial charge on any atom is -0.497 e. The fraction of sp³-hybridized carbons (Fsp3) is 0.600. The Morgan fingerprint density at radius 3 is 2.77 bits per heavy atom. The summed E-state index contributed by atoms with van der Waals surface area (Å²) in [5.74, 6) is 1.54. The molecule has 1 aromatic carbocycles. The third-order valence-electron chi connectivity index (χ3n) is 5.04. The van der Waals surface area contributed by atoms with Crippen molar-refractivity contribution >= 4 is 17.6 Å². The molecule has 0 aromatic heterocycles. The highest BCUT2D eigenvalue weighted by molar-refractivity contribution is 5.89. The zero-order valence-electron chi connectivity index (χ0n) is 16.1. The molecule has 6 heteroatoms. The van der Waals surface area contributed by atoms with Crippen molar-refractivity contribution in [2.45, 2.75) is 39.5 Å². The van der Waals surface area contributed by atoms with Crippen molar-refractivity contribution in [3.8, 4) is 5.75 Å². The number of ether oxygens (including phenoxy) is 1. The molecular weight excluding hydrogens is 330 g/mol. The average Bonchev–Trinajstić information content (AvgIpc) is 2.66. The van der Waals surface area contributed by atoms with E-state index in [-0.39, 0.29) is 11.9 Å². The van der Waals surface area contributed by atoms with Crippen LogP contribution in [-0.2, 0) is 4.79 Å². The van der Waals surface area contributed by atoms with Gasteiger partial charge >= 0.3 is 6.03 Å². The highest BCUT2D eigenvalue weighted by Gasteiger charge is 2.31. The van der Waals surface area contributed by atoms with Gasteiger partial charge in [-0.05, 0) is 36.8 Å². The highest BCUT2D eigenvalue weighted by Crippen LogP contribution is 2.29. The van der Waals surface area contributed by atoms with E-state index in [2.05, 4.69) is 24.5 Å². The summed E-state index contributed by atoms with van der Waals surface area (Å²) in [7, 11) is 1.61. The summed E-state index contributed by atoms with van der Waals surface area (Å²) in [5, 5.41) is 5.90. The third-order valence-corrected chi connectivity index (χ3v) is 5.04. The minimum atomic E-state index is -0.0920. The Bertz CT molecular complexity index is 606. The van der Waals surface area contributed by atoms with E-state index >= 15 is 0 Å². The maximum Gasteiger partial charge on any atom is 0.321 e. The van der Waals surface area contributed by atoms with E-state index in [1.54, 1.807) is 13.2 Å². The molecule has 0 bridgehead atoms. The van der Waals surface area contributed by atoms with Crippen LogP contribution in [-0.4, -0.2) is 43.6 Å². The fourth-order valence-electron chi connectivity index (χ4n) is 3.47. The van der Waals surface area contributed by atoms with E-state index < -0.39 is 0 Å². The summed E-state index contributed by atoms with van der Waals surface area (Å²) in [4.78, 5) is 26.5. The number of amides is 3. The van der Waals surface area contributed by atoms with Crippen LogP contribution in [0.5, 0.6) is 5.75 Å². The van der Waals surface area contributed by atoms with Gasteiger partial charge in [0.1, 0.15) is 5.75 Å². The molecule has 2 rings (SSSR count). The molecule has 0 spiro atoms. The first-order valence-corrected chi connectivity index (χ1v) is 9.54. The Labute approximate surface area is 156 Å². The van der Waals surface area contributed by atoms with Gasteiger partial charge in [-0.1, -0.05) is 26.3 Å². The normalized spacial score (nSPS) is 19.7. The molecule has 3 amide bonds. The number of hydrogen-bond acceptors (Lipinski definition) is 3. The molecule has 1 aliphatic heterocycles. The Morgan fingerprint density at radius 1 is 1.27 bits per heavy atom. The fourth-order valence-corrected chi connectivity index (χ4v) is 3.47. The number of nitrogens with zero attached hydrogens (tertiary/aromatic N) is 1. The van der Waals surface area contributed by atoms with Gasteiger partial charge in [0.05, 0.1) is 7.11 Å². The quantitative estimate of drug-likeness (QED) is 0.781. The maximum absolute atomic E-state index is 12.6. The molecule has 1 saturated heterocycles. The van der Waals surface area contributed by atoms with Crippen molar-refractivity contribution in [1.82, 2.24) is 10.2 Å². The van der Waals surface area contributed by atoms with Crippen molar-refractivity contribution in [3.63, 3.8) is 0 Å². The summed E-state index contributed by atoms with van der Waals surface area (Å²) < 4.78 is 5.19. The molecule has 26 heavy (non-hydrogen) atoms. The standard InChI is InChI=1S/C20H31N3O3/c1-4-10-21-19(24)12-16-9-11-23(14-15(16)5-2)20(25)22-17-7-6-8-18(13-17)26-3/h6-8,13,15-16H,4-5,9-12,14H2,1-3H3,(H,21,24)(H,22,25)/t15-,16-/m0/s1. The van der Waals surface area contributed by atoms with Gasteiger partial charge in [0, 0.05) is 37.8 Å². The summed E-state index contributed by atoms with van der Waals surface area (Å²) in [5.41, 5.74) is 0.725. The van der Waals surface area contributed by atoms with Crippen LogP contribution in [0.15, 0.2) is 24.3 Å². The average molecular weight is 361 g/mol. The molecule has 0 unspecified atom stereocenters. The number of urea groups is 1. The zero-order chi connectivity index (χ0) is 18.9. The van der Waals surface area contributed by atoms with Crippen LogP contribution in [0.4, 0.5) is 10.5 Å². The predicted molar refractivity (Wildman–Crippen MR) is 103 cm³/mol. The first-order valence-electron chi connectivity index (χ1n) is 9.54. The first-order chi connectivity index (χ1) is 12.6. The largest absolute Gasteiger partial charge is 0.497 e. The van der Waals surface area contributed by atoms with Crippen molar-refractivity contribution in [2.24, 2.45) is 11.8 Å². The Morgan fingerprint density at radius 2 is 2.08 bits per heavy atom. The lowest BCUT2D eigenvalue weighted by molar-refractivity contribution is -0.122. The lowest BCUT2D eigenvalue weighted by atomic mass is 9.81. The lowest BCUT2D eigenvalue weighted by Crippen LogP contribution is -2.46. The van der Waals surface area contributed by atoms with Crippen LogP contribution in [0, 0.1) is 11.8 Å². The second kappa shape index (κ2) is 10.0. The van der Waals surface area contributed by atoms with Gasteiger partial charge < -0.3 is 20.3 Å². The Balaban J connectivity index is 1.90. The van der Waals surface area contributed by atoms with Crippen LogP contribution >= 0.6 is 0 Å². The van der Waals surface area contributed by atoms with E-state index in [0.717, 1.165) is 31.5 Å². The van der Waals surface area contributed by atoms with Crippen LogP contribution in [0.3, 0.4) is 0 Å². The number of carbonyl (C=O) groups is 2. The SMILES string of the molecule is CCCNC(=O)C[C@@H]1CCN(C(=O)Nc2cccc(OC)c2)C[C@@H]1CC. The summed E-state index contributed by atoms with van der Waals surface area (Å²) >= 11 is 0. The van der Waals surface area contributed by atoms with Crippen molar-refractivity contribution in [3.05, 3.63) is 24.3 Å². The molecule has 144 valence electrons. The van der Waals surface area contributed by atoms with Gasteiger partial charge in [-0.3, -0.25) is 4.79 Å². The number of likely N-dealkylation sites (tertiary alicyclic amines) is 1. The monoisotopic (exact) mass is 361 g/mol. The zero-order valence-corrected chi connectivity index (χ0v) is 16.1. The van der Waals surface area contributed by atoms with Gasteiger partial charge in [-0.2, -0.15) is 0 Å². The minimum absolute atomic E-state index is 0.0920. The molecule has 1 fully saturated rings. The number of anilines is 1. The molecule has 1 aliphatic rings. The molecule has 0 saturated carbocycles. The van der Waals surface area contributed by atoms with Gasteiger partial charge in [-0.25, -0.2) is 4.79 Å². The van der Waals surface area contributed by atoms with Crippen LogP contribution in [0.25, 0.3) is 0 Å². The number of rotatable bonds is 7. The van der Waals surface area contributed by atoms with Crippen LogP contribution < -0.4 is 15.4 Å². The number of benzene rings is 1.